The molecule has 124 valence electrons. The number of nitrogens with zero attached hydrogens (tertiary/aromatic N) is 2. The Labute approximate surface area is 153 Å². The Bertz CT molecular complexity index is 985. The summed E-state index contributed by atoms with van der Waals surface area (Å²) in [5.74, 6) is -0.105. The van der Waals surface area contributed by atoms with Gasteiger partial charge in [0, 0.05) is 11.0 Å². The third-order valence-corrected chi connectivity index (χ3v) is 5.64. The topological polar surface area (TPSA) is 34.4 Å². The molecule has 0 aliphatic rings. The van der Waals surface area contributed by atoms with Crippen LogP contribution < -0.4 is 4.80 Å². The van der Waals surface area contributed by atoms with E-state index in [2.05, 4.69) is 70.5 Å². The summed E-state index contributed by atoms with van der Waals surface area (Å²) in [4.78, 5) is 17.5. The molecule has 5 heteroatoms. The first-order valence-electron chi connectivity index (χ1n) is 7.90. The number of thiazole rings is 1. The van der Waals surface area contributed by atoms with E-state index in [1.54, 1.807) is 11.3 Å². The molecule has 0 N–H and O–H groups in total. The normalized spacial score (nSPS) is 12.1. The molecule has 0 saturated heterocycles. The van der Waals surface area contributed by atoms with E-state index in [-0.39, 0.29) is 5.91 Å². The van der Waals surface area contributed by atoms with Gasteiger partial charge in [0.05, 0.1) is 16.6 Å². The number of aryl methyl sites for hydroxylation is 3. The summed E-state index contributed by atoms with van der Waals surface area (Å²) in [6.07, 6.45) is 0.336. The number of amides is 1. The average Bonchev–Trinajstić information content (AvgIpc) is 2.86. The summed E-state index contributed by atoms with van der Waals surface area (Å²) in [6.45, 7) is 7.00. The summed E-state index contributed by atoms with van der Waals surface area (Å²) >= 11 is 5.05. The lowest BCUT2D eigenvalue weighted by atomic mass is 10.0. The van der Waals surface area contributed by atoms with E-state index in [0.717, 1.165) is 31.6 Å². The largest absolute Gasteiger partial charge is 0.317 e. The SMILES string of the molecule is CCn1c(=NC(=O)Cc2ccc(C)c(C)c2)sc2cc(Br)ccc21. The van der Waals surface area contributed by atoms with Crippen molar-refractivity contribution in [2.24, 2.45) is 4.99 Å². The van der Waals surface area contributed by atoms with Gasteiger partial charge >= 0.3 is 0 Å². The van der Waals surface area contributed by atoms with Gasteiger partial charge in [-0.3, -0.25) is 4.79 Å². The smallest absolute Gasteiger partial charge is 0.252 e. The Balaban J connectivity index is 1.96. The number of aromatic nitrogens is 1. The molecule has 1 amide bonds. The lowest BCUT2D eigenvalue weighted by molar-refractivity contribution is -0.117. The molecule has 3 aromatic rings. The third-order valence-electron chi connectivity index (χ3n) is 4.11. The van der Waals surface area contributed by atoms with Crippen molar-refractivity contribution in [1.29, 1.82) is 0 Å². The molecule has 3 nitrogen and oxygen atoms in total. The van der Waals surface area contributed by atoms with Gasteiger partial charge in [0.15, 0.2) is 4.80 Å². The molecule has 0 spiro atoms. The zero-order valence-corrected chi connectivity index (χ0v) is 16.4. The molecule has 0 bridgehead atoms. The molecule has 0 fully saturated rings. The highest BCUT2D eigenvalue weighted by molar-refractivity contribution is 9.10. The van der Waals surface area contributed by atoms with Crippen LogP contribution in [-0.4, -0.2) is 10.5 Å². The number of hydrogen-bond donors (Lipinski definition) is 0. The van der Waals surface area contributed by atoms with Gasteiger partial charge in [-0.1, -0.05) is 45.5 Å². The van der Waals surface area contributed by atoms with Crippen molar-refractivity contribution in [3.05, 3.63) is 62.4 Å². The van der Waals surface area contributed by atoms with Crippen LogP contribution in [0.15, 0.2) is 45.9 Å². The van der Waals surface area contributed by atoms with Crippen molar-refractivity contribution >= 4 is 43.4 Å². The van der Waals surface area contributed by atoms with Crippen LogP contribution in [0.4, 0.5) is 0 Å². The molecule has 0 aliphatic heterocycles. The molecule has 0 unspecified atom stereocenters. The van der Waals surface area contributed by atoms with Crippen LogP contribution in [0.5, 0.6) is 0 Å². The fourth-order valence-electron chi connectivity index (χ4n) is 2.67. The van der Waals surface area contributed by atoms with Crippen molar-refractivity contribution < 1.29 is 4.79 Å². The quantitative estimate of drug-likeness (QED) is 0.620. The van der Waals surface area contributed by atoms with Gasteiger partial charge in [-0.15, -0.1) is 0 Å². The highest BCUT2D eigenvalue weighted by Gasteiger charge is 2.08. The summed E-state index contributed by atoms with van der Waals surface area (Å²) in [5.41, 5.74) is 4.57. The average molecular weight is 403 g/mol. The molecular formula is C19H19BrN2OS. The van der Waals surface area contributed by atoms with Crippen LogP contribution in [0, 0.1) is 13.8 Å². The van der Waals surface area contributed by atoms with Crippen molar-refractivity contribution in [2.75, 3.05) is 0 Å². The second kappa shape index (κ2) is 7.03. The van der Waals surface area contributed by atoms with Crippen LogP contribution in [0.2, 0.25) is 0 Å². The van der Waals surface area contributed by atoms with Crippen molar-refractivity contribution in [2.45, 2.75) is 33.7 Å². The van der Waals surface area contributed by atoms with Crippen LogP contribution in [0.1, 0.15) is 23.6 Å². The Hall–Kier alpha value is -1.72. The van der Waals surface area contributed by atoms with E-state index >= 15 is 0 Å². The minimum absolute atomic E-state index is 0.105. The molecule has 3 rings (SSSR count). The Morgan fingerprint density at radius 2 is 1.96 bits per heavy atom. The van der Waals surface area contributed by atoms with Crippen molar-refractivity contribution in [3.8, 4) is 0 Å². The summed E-state index contributed by atoms with van der Waals surface area (Å²) in [6, 6.07) is 12.3. The lowest BCUT2D eigenvalue weighted by Crippen LogP contribution is -2.16. The predicted molar refractivity (Wildman–Crippen MR) is 103 cm³/mol. The van der Waals surface area contributed by atoms with Crippen LogP contribution >= 0.6 is 27.3 Å². The predicted octanol–water partition coefficient (Wildman–Crippen LogP) is 4.77. The van der Waals surface area contributed by atoms with Gasteiger partial charge in [0.1, 0.15) is 0 Å². The van der Waals surface area contributed by atoms with E-state index in [4.69, 9.17) is 0 Å². The molecule has 0 radical (unpaired) electrons. The third kappa shape index (κ3) is 3.52. The molecule has 1 heterocycles. The number of benzene rings is 2. The summed E-state index contributed by atoms with van der Waals surface area (Å²) < 4.78 is 4.25. The van der Waals surface area contributed by atoms with Crippen molar-refractivity contribution in [1.82, 2.24) is 4.57 Å². The maximum Gasteiger partial charge on any atom is 0.252 e. The van der Waals surface area contributed by atoms with Crippen LogP contribution in [0.25, 0.3) is 10.2 Å². The lowest BCUT2D eigenvalue weighted by Gasteiger charge is -2.03. The highest BCUT2D eigenvalue weighted by Crippen LogP contribution is 2.22. The molecular weight excluding hydrogens is 384 g/mol. The first-order chi connectivity index (χ1) is 11.5. The fourth-order valence-corrected chi connectivity index (χ4v) is 4.34. The number of fused-ring (bicyclic) bond motifs is 1. The number of carbonyl (C=O) groups excluding carboxylic acids is 1. The first-order valence-corrected chi connectivity index (χ1v) is 9.51. The molecule has 2 aromatic carbocycles. The van der Waals surface area contributed by atoms with Gasteiger partial charge in [0.2, 0.25) is 0 Å². The zero-order valence-electron chi connectivity index (χ0n) is 14.0. The number of hydrogen-bond acceptors (Lipinski definition) is 2. The molecule has 0 aliphatic carbocycles. The minimum Gasteiger partial charge on any atom is -0.317 e. The van der Waals surface area contributed by atoms with Crippen LogP contribution in [-0.2, 0) is 17.8 Å². The zero-order chi connectivity index (χ0) is 17.3. The Morgan fingerprint density at radius 1 is 1.17 bits per heavy atom. The second-order valence-electron chi connectivity index (χ2n) is 5.84. The molecule has 1 aromatic heterocycles. The van der Waals surface area contributed by atoms with Crippen molar-refractivity contribution in [3.63, 3.8) is 0 Å². The number of rotatable bonds is 3. The Kier molecular flexibility index (Phi) is 5.01. The molecule has 0 saturated carbocycles. The van der Waals surface area contributed by atoms with E-state index in [1.165, 1.54) is 11.1 Å². The standard InChI is InChI=1S/C19H19BrN2OS/c1-4-22-16-8-7-15(20)11-17(16)24-19(22)21-18(23)10-14-6-5-12(2)13(3)9-14/h5-9,11H,4,10H2,1-3H3. The fraction of sp³-hybridized carbons (Fsp3) is 0.263. The Morgan fingerprint density at radius 3 is 2.67 bits per heavy atom. The van der Waals surface area contributed by atoms with E-state index in [1.807, 2.05) is 12.1 Å². The second-order valence-corrected chi connectivity index (χ2v) is 7.77. The molecule has 24 heavy (non-hydrogen) atoms. The maximum atomic E-state index is 12.4. The number of halogens is 1. The number of carbonyl (C=O) groups is 1. The van der Waals surface area contributed by atoms with E-state index < -0.39 is 0 Å². The van der Waals surface area contributed by atoms with Gasteiger partial charge < -0.3 is 4.57 Å². The van der Waals surface area contributed by atoms with Gasteiger partial charge in [-0.25, -0.2) is 0 Å². The van der Waals surface area contributed by atoms with Gasteiger partial charge in [-0.2, -0.15) is 4.99 Å². The van der Waals surface area contributed by atoms with Crippen LogP contribution in [0.3, 0.4) is 0 Å². The molecule has 0 atom stereocenters. The van der Waals surface area contributed by atoms with Gasteiger partial charge in [0.25, 0.3) is 5.91 Å². The summed E-state index contributed by atoms with van der Waals surface area (Å²) in [7, 11) is 0. The van der Waals surface area contributed by atoms with E-state index in [9.17, 15) is 4.79 Å². The monoisotopic (exact) mass is 402 g/mol. The maximum absolute atomic E-state index is 12.4. The van der Waals surface area contributed by atoms with Gasteiger partial charge in [-0.05, 0) is 55.7 Å². The van der Waals surface area contributed by atoms with E-state index in [0.29, 0.717) is 6.42 Å². The summed E-state index contributed by atoms with van der Waals surface area (Å²) in [5, 5.41) is 0. The highest BCUT2D eigenvalue weighted by atomic mass is 79.9. The first kappa shape index (κ1) is 17.1. The minimum atomic E-state index is -0.105.